The van der Waals surface area contributed by atoms with Crippen LogP contribution in [-0.4, -0.2) is 72.8 Å². The Hall–Kier alpha value is -3.05. The van der Waals surface area contributed by atoms with Crippen LogP contribution in [0.3, 0.4) is 0 Å². The van der Waals surface area contributed by atoms with Crippen molar-refractivity contribution in [2.75, 3.05) is 38.7 Å². The van der Waals surface area contributed by atoms with Crippen LogP contribution in [0.25, 0.3) is 0 Å². The van der Waals surface area contributed by atoms with Crippen LogP contribution in [0.1, 0.15) is 60.9 Å². The van der Waals surface area contributed by atoms with Crippen molar-refractivity contribution in [3.05, 3.63) is 52.7 Å². The van der Waals surface area contributed by atoms with E-state index in [2.05, 4.69) is 15.2 Å². The zero-order valence-electron chi connectivity index (χ0n) is 23.7. The summed E-state index contributed by atoms with van der Waals surface area (Å²) in [6, 6.07) is 8.62. The molecule has 1 aliphatic heterocycles. The molecule has 5 rings (SSSR count). The molecule has 2 atom stereocenters. The topological polar surface area (TPSA) is 95.0 Å². The second-order valence-corrected chi connectivity index (χ2v) is 12.2. The number of likely N-dealkylation sites (N-methyl/N-ethyl adjacent to an activating group) is 1. The van der Waals surface area contributed by atoms with Crippen molar-refractivity contribution in [2.24, 2.45) is 11.3 Å². The second-order valence-electron chi connectivity index (χ2n) is 11.8. The second kappa shape index (κ2) is 11.6. The zero-order chi connectivity index (χ0) is 30.3. The number of carbonyl (C=O) groups is 2. The maximum Gasteiger partial charge on any atom is 0.430 e. The number of ether oxygens (including phenoxy) is 1. The minimum Gasteiger partial charge on any atom is -0.497 e. The number of nitrogens with zero attached hydrogens (tertiary/aromatic N) is 3. The summed E-state index contributed by atoms with van der Waals surface area (Å²) in [6.07, 6.45) is 1.02. The van der Waals surface area contributed by atoms with Crippen LogP contribution < -0.4 is 15.0 Å². The molecule has 42 heavy (non-hydrogen) atoms. The first-order valence-corrected chi connectivity index (χ1v) is 14.7. The van der Waals surface area contributed by atoms with Gasteiger partial charge in [-0.3, -0.25) is 9.59 Å². The van der Waals surface area contributed by atoms with E-state index >= 15 is 0 Å². The number of piperidine rings is 1. The number of methoxy groups -OCH3 is 1. The molecule has 2 heterocycles. The van der Waals surface area contributed by atoms with Gasteiger partial charge in [0.05, 0.1) is 12.7 Å². The summed E-state index contributed by atoms with van der Waals surface area (Å²) < 4.78 is 47.4. The number of rotatable bonds is 9. The van der Waals surface area contributed by atoms with Crippen LogP contribution in [0.15, 0.2) is 36.4 Å². The first-order valence-electron chi connectivity index (χ1n) is 14.3. The third-order valence-corrected chi connectivity index (χ3v) is 9.59. The number of carbonyl (C=O) groups excluding carboxylic acids is 2. The number of alkyl halides is 3. The molecule has 8 nitrogen and oxygen atoms in total. The molecule has 1 aromatic heterocycles. The smallest absolute Gasteiger partial charge is 0.430 e. The number of halogens is 4. The van der Waals surface area contributed by atoms with Crippen molar-refractivity contribution < 1.29 is 32.6 Å². The van der Waals surface area contributed by atoms with E-state index in [4.69, 9.17) is 16.3 Å². The number of pyridine rings is 1. The zero-order valence-corrected chi connectivity index (χ0v) is 24.5. The van der Waals surface area contributed by atoms with Gasteiger partial charge < -0.3 is 25.0 Å². The van der Waals surface area contributed by atoms with E-state index in [0.717, 1.165) is 68.6 Å². The van der Waals surface area contributed by atoms with Crippen molar-refractivity contribution in [3.8, 4) is 5.75 Å². The van der Waals surface area contributed by atoms with E-state index in [9.17, 15) is 27.9 Å². The van der Waals surface area contributed by atoms with Crippen LogP contribution in [0, 0.1) is 11.3 Å². The van der Waals surface area contributed by atoms with E-state index in [0.29, 0.717) is 17.8 Å². The Balaban J connectivity index is 1.18. The minimum absolute atomic E-state index is 0.0569. The number of anilines is 1. The Labute approximate surface area is 248 Å². The maximum absolute atomic E-state index is 14.1. The molecule has 228 valence electrons. The number of aliphatic hydroxyl groups is 1. The number of aromatic nitrogens is 1. The predicted octanol–water partition coefficient (Wildman–Crippen LogP) is 4.93. The molecule has 3 fully saturated rings. The summed E-state index contributed by atoms with van der Waals surface area (Å²) in [5.41, 5.74) is -3.84. The molecule has 2 aliphatic carbocycles. The molecule has 1 saturated heterocycles. The van der Waals surface area contributed by atoms with Gasteiger partial charge in [-0.2, -0.15) is 13.2 Å². The van der Waals surface area contributed by atoms with E-state index in [1.54, 1.807) is 6.07 Å². The molecule has 1 spiro atoms. The fourth-order valence-electron chi connectivity index (χ4n) is 6.29. The lowest BCUT2D eigenvalue weighted by atomic mass is 9.54. The lowest BCUT2D eigenvalue weighted by molar-refractivity contribution is -0.261. The number of nitrogens with one attached hydrogen (secondary N) is 1. The first kappa shape index (κ1) is 30.4. The van der Waals surface area contributed by atoms with E-state index in [1.807, 2.05) is 6.07 Å². The third kappa shape index (κ3) is 5.77. The average molecular weight is 609 g/mol. The monoisotopic (exact) mass is 608 g/mol. The number of hydrogen-bond donors (Lipinski definition) is 2. The molecule has 1 aromatic carbocycles. The summed E-state index contributed by atoms with van der Waals surface area (Å²) >= 11 is 6.35. The summed E-state index contributed by atoms with van der Waals surface area (Å²) in [5, 5.41) is 13.9. The summed E-state index contributed by atoms with van der Waals surface area (Å²) in [4.78, 5) is 33.1. The Morgan fingerprint density at radius 1 is 1.17 bits per heavy atom. The van der Waals surface area contributed by atoms with Gasteiger partial charge in [0.2, 0.25) is 0 Å². The molecule has 0 bridgehead atoms. The van der Waals surface area contributed by atoms with Crippen LogP contribution >= 0.6 is 11.6 Å². The molecule has 2 amide bonds. The fourth-order valence-corrected chi connectivity index (χ4v) is 6.53. The van der Waals surface area contributed by atoms with Gasteiger partial charge in [0, 0.05) is 38.3 Å². The molecule has 2 aromatic rings. The van der Waals surface area contributed by atoms with Crippen molar-refractivity contribution >= 4 is 29.2 Å². The third-order valence-electron chi connectivity index (χ3n) is 9.30. The van der Waals surface area contributed by atoms with Gasteiger partial charge in [-0.15, -0.1) is 0 Å². The number of benzene rings is 1. The molecular weight excluding hydrogens is 573 g/mol. The Morgan fingerprint density at radius 3 is 2.45 bits per heavy atom. The van der Waals surface area contributed by atoms with Crippen molar-refractivity contribution in [1.29, 1.82) is 0 Å². The van der Waals surface area contributed by atoms with Crippen molar-refractivity contribution in [3.63, 3.8) is 0 Å². The molecule has 2 N–H and O–H groups in total. The highest BCUT2D eigenvalue weighted by molar-refractivity contribution is 6.32. The number of hydrogen-bond acceptors (Lipinski definition) is 6. The average Bonchev–Trinajstić information content (AvgIpc) is 3.79. The fraction of sp³-hybridized carbons (Fsp3) is 0.567. The van der Waals surface area contributed by atoms with Gasteiger partial charge in [-0.25, -0.2) is 4.98 Å². The molecule has 3 aliphatic rings. The Morgan fingerprint density at radius 2 is 1.88 bits per heavy atom. The van der Waals surface area contributed by atoms with Gasteiger partial charge in [0.1, 0.15) is 16.7 Å². The van der Waals surface area contributed by atoms with E-state index in [-0.39, 0.29) is 40.7 Å². The maximum atomic E-state index is 14.1. The van der Waals surface area contributed by atoms with E-state index < -0.39 is 23.2 Å². The molecule has 12 heteroatoms. The summed E-state index contributed by atoms with van der Waals surface area (Å²) in [5.74, 6) is -0.541. The standard InChI is InChI=1S/C30H36ClF3N4O4/c1-37(27(40)29(41,30(32,33)34)20-4-3-5-22(18-20)42-2)15-11-19-10-12-28(19)13-16-38(17-14-28)24-9-8-23(25(31)36-24)26(39)35-21-6-7-21/h3-5,8-9,18-19,21,41H,6-7,10-17H2,1-2H3,(H,35,39)/t19?,29-/m1/s1. The molecule has 2 saturated carbocycles. The van der Waals surface area contributed by atoms with Crippen LogP contribution in [0.5, 0.6) is 5.75 Å². The van der Waals surface area contributed by atoms with Gasteiger partial charge in [-0.1, -0.05) is 23.7 Å². The van der Waals surface area contributed by atoms with E-state index in [1.165, 1.54) is 26.3 Å². The largest absolute Gasteiger partial charge is 0.497 e. The van der Waals surface area contributed by atoms with Gasteiger partial charge in [0.25, 0.3) is 17.4 Å². The summed E-state index contributed by atoms with van der Waals surface area (Å²) in [7, 11) is 2.60. The van der Waals surface area contributed by atoms with Crippen LogP contribution in [-0.2, 0) is 10.4 Å². The normalized spacial score (nSPS) is 21.3. The van der Waals surface area contributed by atoms with Crippen LogP contribution in [0.4, 0.5) is 19.0 Å². The van der Waals surface area contributed by atoms with Gasteiger partial charge in [0.15, 0.2) is 0 Å². The highest BCUT2D eigenvalue weighted by atomic mass is 35.5. The Bertz CT molecular complexity index is 1330. The predicted molar refractivity (Wildman–Crippen MR) is 152 cm³/mol. The molecular formula is C30H36ClF3N4O4. The lowest BCUT2D eigenvalue weighted by Crippen LogP contribution is -2.55. The van der Waals surface area contributed by atoms with Gasteiger partial charge >= 0.3 is 6.18 Å². The Kier molecular flexibility index (Phi) is 8.37. The highest BCUT2D eigenvalue weighted by Gasteiger charge is 2.62. The SMILES string of the molecule is COc1cccc([C@@](O)(C(=O)N(C)CCC2CCC23CCN(c2ccc(C(=O)NC4CC4)c(Cl)n2)CC3)C(F)(F)F)c1. The van der Waals surface area contributed by atoms with Crippen molar-refractivity contribution in [2.45, 2.75) is 62.8 Å². The number of amides is 2. The molecule has 0 radical (unpaired) electrons. The van der Waals surface area contributed by atoms with Gasteiger partial charge in [-0.05, 0) is 80.5 Å². The quantitative estimate of drug-likeness (QED) is 0.392. The summed E-state index contributed by atoms with van der Waals surface area (Å²) in [6.45, 7) is 1.58. The van der Waals surface area contributed by atoms with Crippen LogP contribution in [0.2, 0.25) is 5.15 Å². The highest BCUT2D eigenvalue weighted by Crippen LogP contribution is 2.55. The lowest BCUT2D eigenvalue weighted by Gasteiger charge is -2.54. The molecule has 1 unspecified atom stereocenters. The van der Waals surface area contributed by atoms with Crippen molar-refractivity contribution in [1.82, 2.24) is 15.2 Å². The minimum atomic E-state index is -5.22. The first-order chi connectivity index (χ1) is 19.9.